The van der Waals surface area contributed by atoms with Crippen molar-refractivity contribution in [3.8, 4) is 0 Å². The van der Waals surface area contributed by atoms with Crippen LogP contribution in [0.15, 0.2) is 57.1 Å². The molecule has 1 aliphatic rings. The van der Waals surface area contributed by atoms with Crippen molar-refractivity contribution in [2.75, 3.05) is 4.90 Å². The predicted octanol–water partition coefficient (Wildman–Crippen LogP) is 5.10. The number of nitrogens with zero attached hydrogens (tertiary/aromatic N) is 2. The third-order valence-corrected chi connectivity index (χ3v) is 6.04. The minimum Gasteiger partial charge on any atom is -0.450 e. The van der Waals surface area contributed by atoms with Gasteiger partial charge in [-0.15, -0.1) is 11.3 Å². The predicted molar refractivity (Wildman–Crippen MR) is 109 cm³/mol. The van der Waals surface area contributed by atoms with Crippen molar-refractivity contribution in [1.29, 1.82) is 0 Å². The molecule has 0 N–H and O–H groups in total. The molecule has 5 nitrogen and oxygen atoms in total. The van der Waals surface area contributed by atoms with Crippen LogP contribution in [0.2, 0.25) is 5.02 Å². The molecule has 5 rings (SSSR count). The highest BCUT2D eigenvalue weighted by Gasteiger charge is 2.45. The average molecular weight is 427 g/mol. The van der Waals surface area contributed by atoms with Crippen LogP contribution in [0.5, 0.6) is 0 Å². The van der Waals surface area contributed by atoms with Crippen LogP contribution in [0.4, 0.5) is 9.52 Å². The highest BCUT2D eigenvalue weighted by atomic mass is 35.5. The van der Waals surface area contributed by atoms with Gasteiger partial charge in [-0.3, -0.25) is 14.5 Å². The highest BCUT2D eigenvalue weighted by molar-refractivity contribution is 7.14. The SMILES string of the molecule is Cc1csc(N2C(=O)c3oc4ccc(Cl)cc4c(=O)c3[C@@H]2c2ccccc2F)n1. The summed E-state index contributed by atoms with van der Waals surface area (Å²) in [6.45, 7) is 1.80. The third kappa shape index (κ3) is 2.69. The Labute approximate surface area is 173 Å². The molecule has 0 fully saturated rings. The average Bonchev–Trinajstić information content (AvgIpc) is 3.24. The van der Waals surface area contributed by atoms with Gasteiger partial charge in [0.05, 0.1) is 16.6 Å². The standard InChI is InChI=1S/C21H12ClFN2O3S/c1-10-9-29-21(24-10)25-17(12-4-2-3-5-14(12)23)16-18(26)13-8-11(22)6-7-15(13)28-19(16)20(25)27/h2-9,17H,1H3/t17-/m0/s1. The van der Waals surface area contributed by atoms with Crippen LogP contribution in [-0.4, -0.2) is 10.9 Å². The van der Waals surface area contributed by atoms with Gasteiger partial charge in [-0.1, -0.05) is 29.8 Å². The van der Waals surface area contributed by atoms with Crippen LogP contribution in [0.1, 0.15) is 33.4 Å². The molecule has 2 aromatic heterocycles. The summed E-state index contributed by atoms with van der Waals surface area (Å²) in [4.78, 5) is 32.3. The van der Waals surface area contributed by atoms with Crippen molar-refractivity contribution < 1.29 is 13.6 Å². The fourth-order valence-corrected chi connectivity index (χ4v) is 4.59. The van der Waals surface area contributed by atoms with Crippen LogP contribution < -0.4 is 10.3 Å². The van der Waals surface area contributed by atoms with E-state index in [1.807, 2.05) is 0 Å². The number of amides is 1. The van der Waals surface area contributed by atoms with E-state index in [2.05, 4.69) is 4.98 Å². The second-order valence-corrected chi connectivity index (χ2v) is 7.96. The molecule has 3 heterocycles. The van der Waals surface area contributed by atoms with E-state index in [1.54, 1.807) is 42.6 Å². The molecule has 0 aliphatic carbocycles. The maximum atomic E-state index is 14.8. The lowest BCUT2D eigenvalue weighted by Gasteiger charge is -2.22. The molecule has 1 amide bonds. The number of aromatic nitrogens is 1. The Morgan fingerprint density at radius 3 is 2.72 bits per heavy atom. The maximum absolute atomic E-state index is 14.8. The lowest BCUT2D eigenvalue weighted by Crippen LogP contribution is -2.30. The quantitative estimate of drug-likeness (QED) is 0.447. The second kappa shape index (κ2) is 6.50. The van der Waals surface area contributed by atoms with Crippen molar-refractivity contribution in [1.82, 2.24) is 4.98 Å². The normalized spacial score (nSPS) is 15.9. The van der Waals surface area contributed by atoms with Gasteiger partial charge in [0.25, 0.3) is 5.91 Å². The lowest BCUT2D eigenvalue weighted by atomic mass is 9.98. The second-order valence-electron chi connectivity index (χ2n) is 6.69. The van der Waals surface area contributed by atoms with E-state index in [1.165, 1.54) is 28.4 Å². The Morgan fingerprint density at radius 1 is 1.21 bits per heavy atom. The number of carbonyl (C=O) groups excluding carboxylic acids is 1. The minimum absolute atomic E-state index is 0.0859. The molecule has 4 aromatic rings. The van der Waals surface area contributed by atoms with Gasteiger partial charge in [0.15, 0.2) is 10.6 Å². The Hall–Kier alpha value is -3.03. The van der Waals surface area contributed by atoms with Gasteiger partial charge in [-0.05, 0) is 31.2 Å². The van der Waals surface area contributed by atoms with E-state index in [0.29, 0.717) is 10.2 Å². The largest absolute Gasteiger partial charge is 0.450 e. The number of hydrogen-bond donors (Lipinski definition) is 0. The first-order valence-corrected chi connectivity index (χ1v) is 9.98. The molecule has 0 saturated heterocycles. The summed E-state index contributed by atoms with van der Waals surface area (Å²) < 4.78 is 20.6. The summed E-state index contributed by atoms with van der Waals surface area (Å²) >= 11 is 7.29. The topological polar surface area (TPSA) is 63.4 Å². The van der Waals surface area contributed by atoms with Crippen molar-refractivity contribution >= 4 is 44.9 Å². The van der Waals surface area contributed by atoms with Crippen molar-refractivity contribution in [2.24, 2.45) is 0 Å². The summed E-state index contributed by atoms with van der Waals surface area (Å²) in [5.74, 6) is -1.16. The zero-order valence-corrected chi connectivity index (χ0v) is 16.6. The first-order chi connectivity index (χ1) is 14.0. The molecular formula is C21H12ClFN2O3S. The molecule has 8 heteroatoms. The summed E-state index contributed by atoms with van der Waals surface area (Å²) in [6.07, 6.45) is 0. The first kappa shape index (κ1) is 18.0. The number of hydrogen-bond acceptors (Lipinski definition) is 5. The van der Waals surface area contributed by atoms with E-state index < -0.39 is 23.2 Å². The fraction of sp³-hybridized carbons (Fsp3) is 0.0952. The lowest BCUT2D eigenvalue weighted by molar-refractivity contribution is 0.0970. The first-order valence-electron chi connectivity index (χ1n) is 8.72. The Bertz CT molecular complexity index is 1360. The Morgan fingerprint density at radius 2 is 2.00 bits per heavy atom. The van der Waals surface area contributed by atoms with Crippen LogP contribution in [0, 0.1) is 12.7 Å². The van der Waals surface area contributed by atoms with Gasteiger partial charge in [0, 0.05) is 16.0 Å². The van der Waals surface area contributed by atoms with Crippen LogP contribution in [0.25, 0.3) is 11.0 Å². The van der Waals surface area contributed by atoms with Gasteiger partial charge >= 0.3 is 0 Å². The van der Waals surface area contributed by atoms with Crippen molar-refractivity contribution in [3.63, 3.8) is 0 Å². The maximum Gasteiger partial charge on any atom is 0.297 e. The summed E-state index contributed by atoms with van der Waals surface area (Å²) in [5, 5.41) is 2.76. The highest BCUT2D eigenvalue weighted by Crippen LogP contribution is 2.42. The number of fused-ring (bicyclic) bond motifs is 2. The molecule has 0 bridgehead atoms. The molecule has 1 atom stereocenters. The molecule has 1 aliphatic heterocycles. The molecule has 0 spiro atoms. The van der Waals surface area contributed by atoms with Crippen LogP contribution >= 0.6 is 22.9 Å². The molecule has 144 valence electrons. The number of aryl methyl sites for hydroxylation is 1. The van der Waals surface area contributed by atoms with E-state index in [4.69, 9.17) is 16.0 Å². The zero-order valence-electron chi connectivity index (χ0n) is 15.0. The number of rotatable bonds is 2. The Kier molecular flexibility index (Phi) is 4.04. The number of halogens is 2. The smallest absolute Gasteiger partial charge is 0.297 e. The van der Waals surface area contributed by atoms with E-state index in [9.17, 15) is 14.0 Å². The van der Waals surface area contributed by atoms with Crippen molar-refractivity contribution in [2.45, 2.75) is 13.0 Å². The molecule has 0 radical (unpaired) electrons. The monoisotopic (exact) mass is 426 g/mol. The summed E-state index contributed by atoms with van der Waals surface area (Å²) in [6, 6.07) is 9.68. The van der Waals surface area contributed by atoms with Crippen LogP contribution in [-0.2, 0) is 0 Å². The van der Waals surface area contributed by atoms with Crippen LogP contribution in [0.3, 0.4) is 0 Å². The number of carbonyl (C=O) groups is 1. The minimum atomic E-state index is -0.983. The summed E-state index contributed by atoms with van der Waals surface area (Å²) in [5.41, 5.74) is 0.832. The molecule has 0 unspecified atom stereocenters. The number of anilines is 1. The van der Waals surface area contributed by atoms with E-state index in [-0.39, 0.29) is 27.9 Å². The molecule has 29 heavy (non-hydrogen) atoms. The third-order valence-electron chi connectivity index (χ3n) is 4.84. The number of thiazole rings is 1. The molecular weight excluding hydrogens is 415 g/mol. The Balaban J connectivity index is 1.86. The van der Waals surface area contributed by atoms with Gasteiger partial charge < -0.3 is 4.42 Å². The van der Waals surface area contributed by atoms with E-state index in [0.717, 1.165) is 5.69 Å². The van der Waals surface area contributed by atoms with Gasteiger partial charge in [0.1, 0.15) is 17.4 Å². The van der Waals surface area contributed by atoms with Crippen molar-refractivity contribution in [3.05, 3.63) is 91.5 Å². The number of benzene rings is 2. The van der Waals surface area contributed by atoms with Gasteiger partial charge in [-0.25, -0.2) is 9.37 Å². The van der Waals surface area contributed by atoms with Gasteiger partial charge in [0.2, 0.25) is 5.76 Å². The van der Waals surface area contributed by atoms with Gasteiger partial charge in [-0.2, -0.15) is 0 Å². The van der Waals surface area contributed by atoms with E-state index >= 15 is 0 Å². The molecule has 2 aromatic carbocycles. The zero-order chi connectivity index (χ0) is 20.3. The fourth-order valence-electron chi connectivity index (χ4n) is 3.59. The molecule has 0 saturated carbocycles. The summed E-state index contributed by atoms with van der Waals surface area (Å²) in [7, 11) is 0.